The van der Waals surface area contributed by atoms with Crippen LogP contribution in [0.1, 0.15) is 67.9 Å². The highest BCUT2D eigenvalue weighted by Crippen LogP contribution is 2.30. The molecule has 0 radical (unpaired) electrons. The largest absolute Gasteiger partial charge is 0.478 e. The van der Waals surface area contributed by atoms with E-state index >= 15 is 0 Å². The number of benzene rings is 3. The Bertz CT molecular complexity index is 1870. The van der Waals surface area contributed by atoms with Crippen molar-refractivity contribution in [3.63, 3.8) is 0 Å². The lowest BCUT2D eigenvalue weighted by Gasteiger charge is -2.29. The van der Waals surface area contributed by atoms with Crippen LogP contribution in [-0.4, -0.2) is 67.8 Å². The molecule has 1 heterocycles. The van der Waals surface area contributed by atoms with Crippen molar-refractivity contribution < 1.29 is 33.4 Å². The average molecular weight is 700 g/mol. The van der Waals surface area contributed by atoms with Crippen molar-refractivity contribution in [2.75, 3.05) is 11.9 Å². The number of hydrogen-bond donors (Lipinski definition) is 5. The number of aromatic amines is 1. The second-order valence-corrected chi connectivity index (χ2v) is 13.8. The number of aryl methyl sites for hydroxylation is 1. The molecule has 0 bridgehead atoms. The summed E-state index contributed by atoms with van der Waals surface area (Å²) in [5.41, 5.74) is 3.23. The van der Waals surface area contributed by atoms with Crippen LogP contribution in [0.4, 0.5) is 14.9 Å². The minimum Gasteiger partial charge on any atom is -0.478 e. The number of anilines is 1. The number of H-pyrrole nitrogens is 1. The highest BCUT2D eigenvalue weighted by molar-refractivity contribution is 5.98. The third-order valence-electron chi connectivity index (χ3n) is 8.79. The Kier molecular flexibility index (Phi) is 11.4. The van der Waals surface area contributed by atoms with Gasteiger partial charge >= 0.3 is 12.1 Å². The zero-order valence-electron chi connectivity index (χ0n) is 29.0. The van der Waals surface area contributed by atoms with Gasteiger partial charge in [0.05, 0.1) is 11.1 Å². The van der Waals surface area contributed by atoms with E-state index in [1.54, 1.807) is 39.0 Å². The van der Waals surface area contributed by atoms with Crippen LogP contribution in [0, 0.1) is 24.6 Å². The van der Waals surface area contributed by atoms with Crippen molar-refractivity contribution in [3.05, 3.63) is 83.2 Å². The number of carboxylic acid groups (broad SMARTS) is 1. The number of tetrazole rings is 1. The molecule has 4 aromatic rings. The topological polar surface area (TPSA) is 188 Å². The predicted molar refractivity (Wildman–Crippen MR) is 187 cm³/mol. The lowest BCUT2D eigenvalue weighted by molar-refractivity contribution is -0.130. The van der Waals surface area contributed by atoms with Crippen LogP contribution in [0.2, 0.25) is 0 Å². The van der Waals surface area contributed by atoms with Gasteiger partial charge in [0.15, 0.2) is 0 Å². The van der Waals surface area contributed by atoms with Crippen LogP contribution in [0.25, 0.3) is 22.5 Å². The molecule has 0 spiro atoms. The summed E-state index contributed by atoms with van der Waals surface area (Å²) in [6.45, 7) is 7.70. The number of aromatic carboxylic acids is 1. The van der Waals surface area contributed by atoms with Gasteiger partial charge in [0.2, 0.25) is 17.6 Å². The zero-order chi connectivity index (χ0) is 36.7. The van der Waals surface area contributed by atoms with E-state index in [0.29, 0.717) is 19.4 Å². The van der Waals surface area contributed by atoms with Gasteiger partial charge in [-0.15, -0.1) is 10.2 Å². The maximum absolute atomic E-state index is 14.9. The zero-order valence-corrected chi connectivity index (χ0v) is 29.0. The molecule has 3 aromatic carbocycles. The molecule has 13 nitrogen and oxygen atoms in total. The molecule has 1 aliphatic carbocycles. The van der Waals surface area contributed by atoms with E-state index in [1.165, 1.54) is 12.1 Å². The van der Waals surface area contributed by atoms with Gasteiger partial charge in [0, 0.05) is 24.6 Å². The van der Waals surface area contributed by atoms with Crippen molar-refractivity contribution >= 4 is 29.6 Å². The van der Waals surface area contributed by atoms with Gasteiger partial charge in [-0.2, -0.15) is 5.21 Å². The molecule has 268 valence electrons. The van der Waals surface area contributed by atoms with Crippen molar-refractivity contribution in [2.24, 2.45) is 11.8 Å². The molecule has 14 heteroatoms. The fourth-order valence-electron chi connectivity index (χ4n) is 6.13. The third-order valence-corrected chi connectivity index (χ3v) is 8.79. The molecule has 0 unspecified atom stereocenters. The Morgan fingerprint density at radius 2 is 1.69 bits per heavy atom. The maximum atomic E-state index is 14.9. The highest BCUT2D eigenvalue weighted by Gasteiger charge is 2.30. The van der Waals surface area contributed by atoms with Gasteiger partial charge < -0.3 is 25.8 Å². The lowest BCUT2D eigenvalue weighted by Crippen LogP contribution is -2.48. The molecular weight excluding hydrogens is 657 g/mol. The molecule has 0 saturated heterocycles. The number of amides is 3. The first-order valence-corrected chi connectivity index (χ1v) is 16.8. The van der Waals surface area contributed by atoms with Crippen molar-refractivity contribution in [1.29, 1.82) is 0 Å². The normalized spacial score (nSPS) is 16.5. The van der Waals surface area contributed by atoms with Gasteiger partial charge in [-0.25, -0.2) is 14.0 Å². The van der Waals surface area contributed by atoms with Crippen LogP contribution in [0.3, 0.4) is 0 Å². The molecule has 5 N–H and O–H groups in total. The van der Waals surface area contributed by atoms with Crippen molar-refractivity contribution in [3.8, 4) is 22.5 Å². The number of ether oxygens (including phenoxy) is 1. The Hall–Kier alpha value is -5.66. The monoisotopic (exact) mass is 699 g/mol. The molecular formula is C37H42FN7O6. The van der Waals surface area contributed by atoms with Crippen LogP contribution >= 0.6 is 0 Å². The van der Waals surface area contributed by atoms with E-state index in [0.717, 1.165) is 41.2 Å². The summed E-state index contributed by atoms with van der Waals surface area (Å²) >= 11 is 0. The molecule has 1 atom stereocenters. The van der Waals surface area contributed by atoms with Gasteiger partial charge in [0.1, 0.15) is 17.5 Å². The summed E-state index contributed by atoms with van der Waals surface area (Å²) in [6, 6.07) is 15.5. The number of hydrogen-bond acceptors (Lipinski definition) is 8. The van der Waals surface area contributed by atoms with Crippen LogP contribution in [-0.2, 0) is 20.7 Å². The van der Waals surface area contributed by atoms with E-state index in [4.69, 9.17) is 4.74 Å². The van der Waals surface area contributed by atoms with Gasteiger partial charge in [-0.05, 0) is 117 Å². The number of nitrogens with one attached hydrogen (secondary N) is 4. The summed E-state index contributed by atoms with van der Waals surface area (Å²) in [5.74, 6) is -2.47. The number of nitrogens with zero attached hydrogens (tertiary/aromatic N) is 3. The Morgan fingerprint density at radius 3 is 2.29 bits per heavy atom. The number of carboxylic acids is 1. The SMILES string of the molecule is Cc1cc(C(=O)O)ccc1-c1ccc(C[C@H](NC(=O)C2CCC(CNC(=O)OC(C)(C)C)CC2)C(=O)Nc2ccc(-c3nn[nH]n3)c(F)c2)cc1. The van der Waals surface area contributed by atoms with Crippen molar-refractivity contribution in [2.45, 2.75) is 71.4 Å². The Labute approximate surface area is 294 Å². The molecule has 1 aromatic heterocycles. The molecule has 1 fully saturated rings. The molecule has 1 saturated carbocycles. The quantitative estimate of drug-likeness (QED) is 0.131. The summed E-state index contributed by atoms with van der Waals surface area (Å²) in [7, 11) is 0. The van der Waals surface area contributed by atoms with Gasteiger partial charge in [0.25, 0.3) is 0 Å². The fraction of sp³-hybridized carbons (Fsp3) is 0.378. The first-order chi connectivity index (χ1) is 24.3. The van der Waals surface area contributed by atoms with Crippen molar-refractivity contribution in [1.82, 2.24) is 31.3 Å². The summed E-state index contributed by atoms with van der Waals surface area (Å²) < 4.78 is 20.3. The molecule has 51 heavy (non-hydrogen) atoms. The Morgan fingerprint density at radius 1 is 0.980 bits per heavy atom. The summed E-state index contributed by atoms with van der Waals surface area (Å²) in [5, 5.41) is 31.1. The fourth-order valence-corrected chi connectivity index (χ4v) is 6.13. The Balaban J connectivity index is 1.27. The predicted octanol–water partition coefficient (Wildman–Crippen LogP) is 5.68. The first kappa shape index (κ1) is 36.6. The first-order valence-electron chi connectivity index (χ1n) is 16.8. The van der Waals surface area contributed by atoms with E-state index in [1.807, 2.05) is 31.2 Å². The smallest absolute Gasteiger partial charge is 0.407 e. The summed E-state index contributed by atoms with van der Waals surface area (Å²) in [6.07, 6.45) is 2.33. The lowest BCUT2D eigenvalue weighted by atomic mass is 9.81. The minimum atomic E-state index is -1.000. The number of carbonyl (C=O) groups is 4. The standard InChI is InChI=1S/C37H42FN7O6/c1-21-17-26(35(48)49)13-15-28(21)24-9-5-22(6-10-24)18-31(34(47)40-27-14-16-29(30(38)19-27)32-42-44-45-43-32)41-33(46)25-11-7-23(8-12-25)20-39-36(50)51-37(2,3)4/h5-6,9-10,13-17,19,23,25,31H,7-8,11-12,18,20H2,1-4H3,(H,39,50)(H,40,47)(H,41,46)(H,48,49)(H,42,43,44,45)/t23?,25?,31-/m0/s1. The second-order valence-electron chi connectivity index (χ2n) is 13.8. The molecule has 0 aliphatic heterocycles. The van der Waals surface area contributed by atoms with Crippen LogP contribution in [0.15, 0.2) is 60.7 Å². The van der Waals surface area contributed by atoms with E-state index in [9.17, 15) is 28.7 Å². The summed E-state index contributed by atoms with van der Waals surface area (Å²) in [4.78, 5) is 50.7. The second kappa shape index (κ2) is 15.9. The number of halogens is 1. The molecule has 5 rings (SSSR count). The molecule has 1 aliphatic rings. The van der Waals surface area contributed by atoms with Gasteiger partial charge in [-0.1, -0.05) is 30.3 Å². The number of alkyl carbamates (subject to hydrolysis) is 1. The molecule has 3 amide bonds. The average Bonchev–Trinajstić information content (AvgIpc) is 3.62. The number of carbonyl (C=O) groups excluding carboxylic acids is 3. The van der Waals surface area contributed by atoms with E-state index < -0.39 is 35.4 Å². The van der Waals surface area contributed by atoms with Crippen LogP contribution < -0.4 is 16.0 Å². The van der Waals surface area contributed by atoms with Crippen LogP contribution in [0.5, 0.6) is 0 Å². The third kappa shape index (κ3) is 9.96. The number of rotatable bonds is 11. The maximum Gasteiger partial charge on any atom is 0.407 e. The minimum absolute atomic E-state index is 0.0716. The highest BCUT2D eigenvalue weighted by atomic mass is 19.1. The number of aromatic nitrogens is 4. The van der Waals surface area contributed by atoms with E-state index in [-0.39, 0.29) is 46.8 Å². The van der Waals surface area contributed by atoms with Gasteiger partial charge in [-0.3, -0.25) is 9.59 Å². The van der Waals surface area contributed by atoms with E-state index in [2.05, 4.69) is 36.6 Å².